The smallest absolute Gasteiger partial charge is 0.227 e. The van der Waals surface area contributed by atoms with Gasteiger partial charge in [-0.25, -0.2) is 0 Å². The molecule has 1 aromatic heterocycles. The third kappa shape index (κ3) is 3.11. The first kappa shape index (κ1) is 14.2. The third-order valence-corrected chi connectivity index (χ3v) is 3.68. The van der Waals surface area contributed by atoms with Gasteiger partial charge >= 0.3 is 0 Å². The van der Waals surface area contributed by atoms with E-state index in [4.69, 9.17) is 0 Å². The minimum Gasteiger partial charge on any atom is -0.315 e. The number of benzene rings is 2. The molecule has 3 rings (SSSR count). The molecule has 0 unspecified atom stereocenters. The SMILES string of the molecule is CN(C(=O)CCc1ccccc1)c1ccc2nccnc2c1. The molecule has 110 valence electrons. The Labute approximate surface area is 129 Å². The number of amides is 1. The molecule has 0 aliphatic heterocycles. The van der Waals surface area contributed by atoms with Crippen LogP contribution in [0, 0.1) is 0 Å². The van der Waals surface area contributed by atoms with Crippen LogP contribution in [0.1, 0.15) is 12.0 Å². The molecule has 0 spiro atoms. The van der Waals surface area contributed by atoms with E-state index in [0.717, 1.165) is 23.1 Å². The highest BCUT2D eigenvalue weighted by Crippen LogP contribution is 2.19. The summed E-state index contributed by atoms with van der Waals surface area (Å²) in [7, 11) is 1.80. The summed E-state index contributed by atoms with van der Waals surface area (Å²) in [5.41, 5.74) is 3.64. The summed E-state index contributed by atoms with van der Waals surface area (Å²) < 4.78 is 0. The predicted octanol–water partition coefficient (Wildman–Crippen LogP) is 3.23. The topological polar surface area (TPSA) is 46.1 Å². The van der Waals surface area contributed by atoms with Crippen LogP contribution < -0.4 is 4.90 Å². The Balaban J connectivity index is 1.71. The minimum absolute atomic E-state index is 0.0899. The fraction of sp³-hybridized carbons (Fsp3) is 0.167. The number of hydrogen-bond donors (Lipinski definition) is 0. The van der Waals surface area contributed by atoms with Crippen molar-refractivity contribution in [2.75, 3.05) is 11.9 Å². The summed E-state index contributed by atoms with van der Waals surface area (Å²) >= 11 is 0. The summed E-state index contributed by atoms with van der Waals surface area (Å²) in [5, 5.41) is 0. The van der Waals surface area contributed by atoms with Gasteiger partial charge in [-0.3, -0.25) is 14.8 Å². The first-order chi connectivity index (χ1) is 10.7. The Kier molecular flexibility index (Phi) is 4.10. The lowest BCUT2D eigenvalue weighted by atomic mass is 10.1. The highest BCUT2D eigenvalue weighted by Gasteiger charge is 2.11. The van der Waals surface area contributed by atoms with E-state index in [2.05, 4.69) is 9.97 Å². The molecule has 0 saturated carbocycles. The molecule has 1 amide bonds. The highest BCUT2D eigenvalue weighted by molar-refractivity contribution is 5.94. The molecule has 0 atom stereocenters. The summed E-state index contributed by atoms with van der Waals surface area (Å²) in [6.07, 6.45) is 4.55. The van der Waals surface area contributed by atoms with Crippen molar-refractivity contribution in [1.29, 1.82) is 0 Å². The van der Waals surface area contributed by atoms with Crippen LogP contribution in [-0.4, -0.2) is 22.9 Å². The van der Waals surface area contributed by atoms with Gasteiger partial charge in [-0.05, 0) is 30.2 Å². The number of nitrogens with zero attached hydrogens (tertiary/aromatic N) is 3. The minimum atomic E-state index is 0.0899. The molecule has 0 saturated heterocycles. The highest BCUT2D eigenvalue weighted by atomic mass is 16.2. The second-order valence-corrected chi connectivity index (χ2v) is 5.17. The molecular formula is C18H17N3O. The molecule has 2 aromatic carbocycles. The Morgan fingerprint density at radius 1 is 1.00 bits per heavy atom. The zero-order valence-electron chi connectivity index (χ0n) is 12.4. The first-order valence-electron chi connectivity index (χ1n) is 7.25. The number of carbonyl (C=O) groups is 1. The molecular weight excluding hydrogens is 274 g/mol. The van der Waals surface area contributed by atoms with Crippen LogP contribution in [0.3, 0.4) is 0 Å². The normalized spacial score (nSPS) is 10.6. The zero-order valence-corrected chi connectivity index (χ0v) is 12.4. The van der Waals surface area contributed by atoms with Crippen LogP contribution in [0.2, 0.25) is 0 Å². The van der Waals surface area contributed by atoms with E-state index in [1.54, 1.807) is 24.3 Å². The third-order valence-electron chi connectivity index (χ3n) is 3.68. The number of fused-ring (bicyclic) bond motifs is 1. The van der Waals surface area contributed by atoms with Gasteiger partial charge < -0.3 is 4.90 Å². The van der Waals surface area contributed by atoms with Gasteiger partial charge in [0.25, 0.3) is 0 Å². The number of anilines is 1. The van der Waals surface area contributed by atoms with Crippen molar-refractivity contribution >= 4 is 22.6 Å². The van der Waals surface area contributed by atoms with Crippen molar-refractivity contribution in [2.24, 2.45) is 0 Å². The van der Waals surface area contributed by atoms with E-state index in [9.17, 15) is 4.79 Å². The van der Waals surface area contributed by atoms with E-state index in [0.29, 0.717) is 6.42 Å². The number of hydrogen-bond acceptors (Lipinski definition) is 3. The van der Waals surface area contributed by atoms with Gasteiger partial charge in [0, 0.05) is 31.5 Å². The van der Waals surface area contributed by atoms with Gasteiger partial charge in [0.05, 0.1) is 11.0 Å². The second-order valence-electron chi connectivity index (χ2n) is 5.17. The summed E-state index contributed by atoms with van der Waals surface area (Å²) in [4.78, 5) is 22.5. The van der Waals surface area contributed by atoms with Crippen LogP contribution in [-0.2, 0) is 11.2 Å². The largest absolute Gasteiger partial charge is 0.315 e. The molecule has 0 bridgehead atoms. The Hall–Kier alpha value is -2.75. The number of rotatable bonds is 4. The van der Waals surface area contributed by atoms with Gasteiger partial charge in [0.15, 0.2) is 0 Å². The average Bonchev–Trinajstić information content (AvgIpc) is 2.59. The summed E-state index contributed by atoms with van der Waals surface area (Å²) in [6.45, 7) is 0. The van der Waals surface area contributed by atoms with Crippen LogP contribution in [0.4, 0.5) is 5.69 Å². The van der Waals surface area contributed by atoms with Crippen molar-refractivity contribution < 1.29 is 4.79 Å². The van der Waals surface area contributed by atoms with Gasteiger partial charge in [0.2, 0.25) is 5.91 Å². The molecule has 0 N–H and O–H groups in total. The van der Waals surface area contributed by atoms with Crippen molar-refractivity contribution in [3.63, 3.8) is 0 Å². The van der Waals surface area contributed by atoms with Gasteiger partial charge in [-0.1, -0.05) is 30.3 Å². The van der Waals surface area contributed by atoms with E-state index >= 15 is 0 Å². The van der Waals surface area contributed by atoms with E-state index in [-0.39, 0.29) is 5.91 Å². The molecule has 1 heterocycles. The maximum absolute atomic E-state index is 12.3. The second kappa shape index (κ2) is 6.35. The Morgan fingerprint density at radius 2 is 1.73 bits per heavy atom. The Morgan fingerprint density at radius 3 is 2.50 bits per heavy atom. The van der Waals surface area contributed by atoms with E-state index in [1.165, 1.54) is 5.56 Å². The number of carbonyl (C=O) groups excluding carboxylic acids is 1. The van der Waals surface area contributed by atoms with Crippen molar-refractivity contribution in [2.45, 2.75) is 12.8 Å². The first-order valence-corrected chi connectivity index (χ1v) is 7.25. The number of aromatic nitrogens is 2. The molecule has 0 radical (unpaired) electrons. The molecule has 4 heteroatoms. The van der Waals surface area contributed by atoms with E-state index in [1.807, 2.05) is 48.5 Å². The maximum Gasteiger partial charge on any atom is 0.227 e. The monoisotopic (exact) mass is 291 g/mol. The molecule has 4 nitrogen and oxygen atoms in total. The van der Waals surface area contributed by atoms with Crippen LogP contribution in [0.5, 0.6) is 0 Å². The zero-order chi connectivity index (χ0) is 15.4. The van der Waals surface area contributed by atoms with Crippen molar-refractivity contribution in [1.82, 2.24) is 9.97 Å². The fourth-order valence-electron chi connectivity index (χ4n) is 2.37. The number of aryl methyl sites for hydroxylation is 1. The molecule has 22 heavy (non-hydrogen) atoms. The van der Waals surface area contributed by atoms with Crippen LogP contribution >= 0.6 is 0 Å². The van der Waals surface area contributed by atoms with Gasteiger partial charge in [-0.2, -0.15) is 0 Å². The van der Waals surface area contributed by atoms with Crippen molar-refractivity contribution in [3.05, 3.63) is 66.5 Å². The average molecular weight is 291 g/mol. The van der Waals surface area contributed by atoms with Crippen LogP contribution in [0.25, 0.3) is 11.0 Å². The van der Waals surface area contributed by atoms with Crippen molar-refractivity contribution in [3.8, 4) is 0 Å². The summed E-state index contributed by atoms with van der Waals surface area (Å²) in [6, 6.07) is 15.7. The fourth-order valence-corrected chi connectivity index (χ4v) is 2.37. The lowest BCUT2D eigenvalue weighted by Crippen LogP contribution is -2.26. The lowest BCUT2D eigenvalue weighted by Gasteiger charge is -2.17. The maximum atomic E-state index is 12.3. The van der Waals surface area contributed by atoms with Crippen LogP contribution in [0.15, 0.2) is 60.9 Å². The van der Waals surface area contributed by atoms with Gasteiger partial charge in [-0.15, -0.1) is 0 Å². The standard InChI is InChI=1S/C18H17N3O/c1-21(18(22)10-7-14-5-3-2-4-6-14)15-8-9-16-17(13-15)20-12-11-19-16/h2-6,8-9,11-13H,7,10H2,1H3. The molecule has 3 aromatic rings. The summed E-state index contributed by atoms with van der Waals surface area (Å²) in [5.74, 6) is 0.0899. The van der Waals surface area contributed by atoms with E-state index < -0.39 is 0 Å². The molecule has 0 aliphatic rings. The quantitative estimate of drug-likeness (QED) is 0.741. The lowest BCUT2D eigenvalue weighted by molar-refractivity contribution is -0.118. The van der Waals surface area contributed by atoms with Gasteiger partial charge in [0.1, 0.15) is 0 Å². The molecule has 0 fully saturated rings. The predicted molar refractivity (Wildman–Crippen MR) is 87.7 cm³/mol. The Bertz CT molecular complexity index is 786. The molecule has 0 aliphatic carbocycles.